The minimum atomic E-state index is -3.46. The molecule has 8 heteroatoms. The second-order valence-corrected chi connectivity index (χ2v) is 8.99. The van der Waals surface area contributed by atoms with Gasteiger partial charge < -0.3 is 5.11 Å². The van der Waals surface area contributed by atoms with E-state index in [2.05, 4.69) is 4.72 Å². The molecule has 0 amide bonds. The first-order valence-electron chi connectivity index (χ1n) is 6.14. The van der Waals surface area contributed by atoms with Crippen molar-refractivity contribution in [3.63, 3.8) is 0 Å². The lowest BCUT2D eigenvalue weighted by atomic mass is 10.2. The Morgan fingerprint density at radius 2 is 1.89 bits per heavy atom. The lowest BCUT2D eigenvalue weighted by Crippen LogP contribution is -2.40. The number of aliphatic hydroxyl groups is 1. The zero-order chi connectivity index (χ0) is 13.8. The van der Waals surface area contributed by atoms with Crippen molar-refractivity contribution in [1.29, 1.82) is 0 Å². The summed E-state index contributed by atoms with van der Waals surface area (Å²) in [6, 6.07) is 0. The fourth-order valence-corrected chi connectivity index (χ4v) is 5.15. The number of rotatable bonds is 6. The summed E-state index contributed by atoms with van der Waals surface area (Å²) in [5.74, 6) is -0.119. The molecule has 1 saturated heterocycles. The summed E-state index contributed by atoms with van der Waals surface area (Å²) in [4.78, 5) is 0. The van der Waals surface area contributed by atoms with Gasteiger partial charge in [-0.2, -0.15) is 0 Å². The summed E-state index contributed by atoms with van der Waals surface area (Å²) in [7, 11) is -6.51. The molecular weight excluding hydrogens is 278 g/mol. The van der Waals surface area contributed by atoms with Gasteiger partial charge in [0, 0.05) is 6.54 Å². The van der Waals surface area contributed by atoms with Crippen LogP contribution in [-0.2, 0) is 19.9 Å². The predicted octanol–water partition coefficient (Wildman–Crippen LogP) is -0.356. The van der Waals surface area contributed by atoms with Crippen molar-refractivity contribution in [2.45, 2.75) is 44.0 Å². The molecule has 1 fully saturated rings. The highest BCUT2D eigenvalue weighted by Gasteiger charge is 2.32. The molecule has 2 N–H and O–H groups in total. The molecule has 1 aliphatic rings. The molecular formula is C10H21NO5S2. The van der Waals surface area contributed by atoms with E-state index in [1.165, 1.54) is 0 Å². The Morgan fingerprint density at radius 3 is 2.39 bits per heavy atom. The van der Waals surface area contributed by atoms with Gasteiger partial charge in [-0.3, -0.25) is 0 Å². The van der Waals surface area contributed by atoms with E-state index in [-0.39, 0.29) is 30.9 Å². The zero-order valence-electron chi connectivity index (χ0n) is 10.5. The molecule has 108 valence electrons. The molecule has 1 atom stereocenters. The number of sulfonamides is 1. The van der Waals surface area contributed by atoms with Crippen molar-refractivity contribution >= 4 is 19.9 Å². The van der Waals surface area contributed by atoms with Crippen molar-refractivity contribution in [3.05, 3.63) is 0 Å². The Labute approximate surface area is 109 Å². The second-order valence-electron chi connectivity index (χ2n) is 4.64. The van der Waals surface area contributed by atoms with Crippen LogP contribution in [0.5, 0.6) is 0 Å². The van der Waals surface area contributed by atoms with Gasteiger partial charge in [0.25, 0.3) is 0 Å². The molecule has 0 radical (unpaired) electrons. The van der Waals surface area contributed by atoms with E-state index < -0.39 is 31.2 Å². The third-order valence-electron chi connectivity index (χ3n) is 3.19. The average molecular weight is 299 g/mol. The standard InChI is InChI=1S/C10H21NO5S2/c1-2-9(12)3-6-11-18(15,16)10-4-7-17(13,14)8-5-10/h9-12H,2-8H2,1H3. The number of aliphatic hydroxyl groups excluding tert-OH is 1. The van der Waals surface area contributed by atoms with Crippen LogP contribution in [0.15, 0.2) is 0 Å². The van der Waals surface area contributed by atoms with E-state index in [1.807, 2.05) is 6.92 Å². The molecule has 1 rings (SSSR count). The summed E-state index contributed by atoms with van der Waals surface area (Å²) in [5.41, 5.74) is 0. The SMILES string of the molecule is CCC(O)CCNS(=O)(=O)C1CCS(=O)(=O)CC1. The average Bonchev–Trinajstić information content (AvgIpc) is 2.28. The Morgan fingerprint density at radius 1 is 1.33 bits per heavy atom. The van der Waals surface area contributed by atoms with E-state index >= 15 is 0 Å². The Kier molecular flexibility index (Phi) is 5.57. The maximum absolute atomic E-state index is 11.9. The molecule has 1 aliphatic heterocycles. The molecule has 1 heterocycles. The van der Waals surface area contributed by atoms with Crippen LogP contribution >= 0.6 is 0 Å². The third kappa shape index (κ3) is 4.83. The topological polar surface area (TPSA) is 101 Å². The fraction of sp³-hybridized carbons (Fsp3) is 1.00. The lowest BCUT2D eigenvalue weighted by molar-refractivity contribution is 0.162. The lowest BCUT2D eigenvalue weighted by Gasteiger charge is -2.22. The van der Waals surface area contributed by atoms with Crippen LogP contribution < -0.4 is 4.72 Å². The van der Waals surface area contributed by atoms with Gasteiger partial charge in [0.2, 0.25) is 10.0 Å². The largest absolute Gasteiger partial charge is 0.393 e. The van der Waals surface area contributed by atoms with E-state index in [0.717, 1.165) is 0 Å². The first kappa shape index (κ1) is 15.9. The third-order valence-corrected chi connectivity index (χ3v) is 6.86. The van der Waals surface area contributed by atoms with Crippen LogP contribution in [0.3, 0.4) is 0 Å². The highest BCUT2D eigenvalue weighted by Crippen LogP contribution is 2.18. The van der Waals surface area contributed by atoms with Gasteiger partial charge in [0.1, 0.15) is 9.84 Å². The molecule has 0 spiro atoms. The van der Waals surface area contributed by atoms with E-state index in [9.17, 15) is 21.9 Å². The van der Waals surface area contributed by atoms with Crippen molar-refractivity contribution in [1.82, 2.24) is 4.72 Å². The normalized spacial score (nSPS) is 22.8. The molecule has 0 aromatic carbocycles. The van der Waals surface area contributed by atoms with Crippen molar-refractivity contribution in [2.75, 3.05) is 18.1 Å². The van der Waals surface area contributed by atoms with Gasteiger partial charge in [-0.25, -0.2) is 21.6 Å². The van der Waals surface area contributed by atoms with Crippen LogP contribution in [0.4, 0.5) is 0 Å². The van der Waals surface area contributed by atoms with Crippen molar-refractivity contribution in [2.24, 2.45) is 0 Å². The van der Waals surface area contributed by atoms with Gasteiger partial charge in [-0.1, -0.05) is 6.92 Å². The minimum absolute atomic E-state index is 0.0594. The Balaban J connectivity index is 2.45. The smallest absolute Gasteiger partial charge is 0.214 e. The number of hydrogen-bond acceptors (Lipinski definition) is 5. The van der Waals surface area contributed by atoms with Crippen LogP contribution in [0.1, 0.15) is 32.6 Å². The molecule has 18 heavy (non-hydrogen) atoms. The molecule has 0 saturated carbocycles. The molecule has 6 nitrogen and oxygen atoms in total. The van der Waals surface area contributed by atoms with Gasteiger partial charge in [0.05, 0.1) is 22.9 Å². The van der Waals surface area contributed by atoms with Crippen LogP contribution in [-0.4, -0.2) is 51.3 Å². The van der Waals surface area contributed by atoms with E-state index in [1.54, 1.807) is 0 Å². The van der Waals surface area contributed by atoms with Gasteiger partial charge in [0.15, 0.2) is 0 Å². The number of sulfone groups is 1. The van der Waals surface area contributed by atoms with Crippen molar-refractivity contribution < 1.29 is 21.9 Å². The highest BCUT2D eigenvalue weighted by molar-refractivity contribution is 7.92. The number of hydrogen-bond donors (Lipinski definition) is 2. The van der Waals surface area contributed by atoms with Crippen LogP contribution in [0.2, 0.25) is 0 Å². The molecule has 0 aromatic heterocycles. The first-order chi connectivity index (χ1) is 8.27. The maximum Gasteiger partial charge on any atom is 0.214 e. The second kappa shape index (κ2) is 6.31. The summed E-state index contributed by atoms with van der Waals surface area (Å²) in [5, 5.41) is 8.69. The van der Waals surface area contributed by atoms with Gasteiger partial charge in [-0.15, -0.1) is 0 Å². The Hall–Kier alpha value is -0.180. The van der Waals surface area contributed by atoms with E-state index in [0.29, 0.717) is 12.8 Å². The molecule has 0 aliphatic carbocycles. The maximum atomic E-state index is 11.9. The molecule has 0 aromatic rings. The Bertz CT molecular complexity index is 443. The summed E-state index contributed by atoms with van der Waals surface area (Å²) in [6.45, 7) is 2.02. The monoisotopic (exact) mass is 299 g/mol. The molecule has 1 unspecified atom stereocenters. The van der Waals surface area contributed by atoms with Gasteiger partial charge in [-0.05, 0) is 25.7 Å². The summed E-state index contributed by atoms with van der Waals surface area (Å²) < 4.78 is 48.6. The van der Waals surface area contributed by atoms with Crippen LogP contribution in [0, 0.1) is 0 Å². The highest BCUT2D eigenvalue weighted by atomic mass is 32.2. The predicted molar refractivity (Wildman–Crippen MR) is 69.5 cm³/mol. The number of nitrogens with one attached hydrogen (secondary N) is 1. The first-order valence-corrected chi connectivity index (χ1v) is 9.50. The van der Waals surface area contributed by atoms with Gasteiger partial charge >= 0.3 is 0 Å². The minimum Gasteiger partial charge on any atom is -0.393 e. The quantitative estimate of drug-likeness (QED) is 0.698. The summed E-state index contributed by atoms with van der Waals surface area (Å²) in [6.07, 6.45) is 0.783. The fourth-order valence-electron chi connectivity index (χ4n) is 1.87. The van der Waals surface area contributed by atoms with E-state index in [4.69, 9.17) is 0 Å². The van der Waals surface area contributed by atoms with Crippen molar-refractivity contribution in [3.8, 4) is 0 Å². The van der Waals surface area contributed by atoms with Crippen LogP contribution in [0.25, 0.3) is 0 Å². The summed E-state index contributed by atoms with van der Waals surface area (Å²) >= 11 is 0. The zero-order valence-corrected chi connectivity index (χ0v) is 12.1. The molecule has 0 bridgehead atoms.